The number of rotatable bonds is 7. The molecule has 2 aliphatic rings. The van der Waals surface area contributed by atoms with E-state index in [-0.39, 0.29) is 0 Å². The molecule has 27 heavy (non-hydrogen) atoms. The lowest BCUT2D eigenvalue weighted by atomic mass is 10.1. The molecule has 2 aliphatic heterocycles. The largest absolute Gasteiger partial charge is 0.473 e. The smallest absolute Gasteiger partial charge is 0.414 e. The zero-order valence-corrected chi connectivity index (χ0v) is 16.3. The molecule has 2 N–H and O–H groups in total. The second kappa shape index (κ2) is 10.8. The predicted octanol–water partition coefficient (Wildman–Crippen LogP) is 4.50. The fourth-order valence-corrected chi connectivity index (χ4v) is 3.98. The zero-order chi connectivity index (χ0) is 19.6. The molecule has 0 saturated carbocycles. The first-order chi connectivity index (χ1) is 13.0. The van der Waals surface area contributed by atoms with Crippen molar-refractivity contribution in [2.24, 2.45) is 4.99 Å². The normalized spacial score (nSPS) is 17.5. The maximum absolute atomic E-state index is 9.10. The monoisotopic (exact) mass is 390 g/mol. The molecule has 3 rings (SSSR count). The molecule has 0 amide bonds. The minimum atomic E-state index is -1.82. The van der Waals surface area contributed by atoms with Crippen LogP contribution in [0.15, 0.2) is 46.4 Å². The fraction of sp³-hybridized carbons (Fsp3) is 0.450. The number of carbonyl (C=O) groups is 2. The number of hydrogen-bond acceptors (Lipinski definition) is 5. The highest BCUT2D eigenvalue weighted by molar-refractivity contribution is 8.17. The summed E-state index contributed by atoms with van der Waals surface area (Å²) < 4.78 is 0. The molecule has 0 fully saturated rings. The molecule has 0 bridgehead atoms. The maximum atomic E-state index is 9.10. The summed E-state index contributed by atoms with van der Waals surface area (Å²) >= 11 is 1.88. The average molecular weight is 391 g/mol. The number of fused-ring (bicyclic) bond motifs is 1. The Morgan fingerprint density at radius 1 is 1.11 bits per heavy atom. The van der Waals surface area contributed by atoms with Gasteiger partial charge in [-0.2, -0.15) is 0 Å². The Labute approximate surface area is 164 Å². The summed E-state index contributed by atoms with van der Waals surface area (Å²) in [6.45, 7) is 3.27. The van der Waals surface area contributed by atoms with Gasteiger partial charge in [0.2, 0.25) is 0 Å². The van der Waals surface area contributed by atoms with Gasteiger partial charge in [0, 0.05) is 11.1 Å². The third-order valence-electron chi connectivity index (χ3n) is 4.30. The van der Waals surface area contributed by atoms with Gasteiger partial charge in [0.15, 0.2) is 5.17 Å². The number of nitrogens with zero attached hydrogens (tertiary/aromatic N) is 2. The van der Waals surface area contributed by atoms with E-state index in [0.29, 0.717) is 6.04 Å². The number of hydrogen-bond donors (Lipinski definition) is 2. The molecule has 1 aromatic rings. The van der Waals surface area contributed by atoms with Crippen molar-refractivity contribution in [1.29, 1.82) is 0 Å². The van der Waals surface area contributed by atoms with Crippen molar-refractivity contribution in [3.63, 3.8) is 0 Å². The summed E-state index contributed by atoms with van der Waals surface area (Å²) in [5.74, 6) is -3.65. The molecule has 0 aromatic heterocycles. The number of carboxylic acids is 2. The quantitative estimate of drug-likeness (QED) is 0.526. The second-order valence-corrected chi connectivity index (χ2v) is 7.56. The van der Waals surface area contributed by atoms with Crippen LogP contribution in [0.2, 0.25) is 0 Å². The molecule has 1 aromatic carbocycles. The lowest BCUT2D eigenvalue weighted by Gasteiger charge is -2.10. The van der Waals surface area contributed by atoms with Gasteiger partial charge < -0.3 is 15.1 Å². The van der Waals surface area contributed by atoms with Gasteiger partial charge in [-0.25, -0.2) is 9.59 Å². The summed E-state index contributed by atoms with van der Waals surface area (Å²) in [5, 5.41) is 16.0. The maximum Gasteiger partial charge on any atom is 0.414 e. The van der Waals surface area contributed by atoms with E-state index in [1.54, 1.807) is 0 Å². The summed E-state index contributed by atoms with van der Waals surface area (Å²) in [6, 6.07) is 10.9. The highest BCUT2D eigenvalue weighted by Gasteiger charge is 2.30. The summed E-state index contributed by atoms with van der Waals surface area (Å²) in [6.07, 6.45) is 10.3. The second-order valence-electron chi connectivity index (χ2n) is 6.46. The first-order valence-electron chi connectivity index (χ1n) is 9.25. The lowest BCUT2D eigenvalue weighted by Crippen LogP contribution is -2.16. The third-order valence-corrected chi connectivity index (χ3v) is 5.39. The summed E-state index contributed by atoms with van der Waals surface area (Å²) in [5.41, 5.74) is 1.33. The minimum absolute atomic E-state index is 0.316. The van der Waals surface area contributed by atoms with Crippen molar-refractivity contribution >= 4 is 28.9 Å². The van der Waals surface area contributed by atoms with Crippen LogP contribution in [0, 0.1) is 0 Å². The van der Waals surface area contributed by atoms with Crippen LogP contribution < -0.4 is 0 Å². The van der Waals surface area contributed by atoms with E-state index in [4.69, 9.17) is 24.8 Å². The van der Waals surface area contributed by atoms with Crippen LogP contribution in [0.5, 0.6) is 0 Å². The Morgan fingerprint density at radius 2 is 1.78 bits per heavy atom. The van der Waals surface area contributed by atoms with Crippen LogP contribution in [-0.2, 0) is 9.59 Å². The Kier molecular flexibility index (Phi) is 8.39. The SMILES string of the molecule is CCCCCCCC1=CN2CC(c3ccccc3)N=C2S1.O=C(O)C(=O)O. The van der Waals surface area contributed by atoms with Crippen molar-refractivity contribution in [2.45, 2.75) is 51.5 Å². The van der Waals surface area contributed by atoms with Gasteiger partial charge in [0.1, 0.15) is 0 Å². The van der Waals surface area contributed by atoms with E-state index in [9.17, 15) is 0 Å². The van der Waals surface area contributed by atoms with E-state index in [2.05, 4.69) is 48.4 Å². The van der Waals surface area contributed by atoms with Crippen LogP contribution in [-0.4, -0.2) is 38.8 Å². The highest BCUT2D eigenvalue weighted by Crippen LogP contribution is 2.39. The van der Waals surface area contributed by atoms with E-state index in [1.807, 2.05) is 11.8 Å². The standard InChI is InChI=1S/C18H24N2S.C2H2O4/c1-2-3-4-5-9-12-16-13-20-14-17(19-18(20)21-16)15-10-7-6-8-11-15;3-1(4)2(5)6/h6-8,10-11,13,17H,2-5,9,12,14H2,1H3;(H,3,4)(H,5,6). The number of carboxylic acid groups (broad SMARTS) is 2. The predicted molar refractivity (Wildman–Crippen MR) is 108 cm³/mol. The highest BCUT2D eigenvalue weighted by atomic mass is 32.2. The van der Waals surface area contributed by atoms with Crippen molar-refractivity contribution in [3.8, 4) is 0 Å². The van der Waals surface area contributed by atoms with Gasteiger partial charge in [-0.05, 0) is 18.4 Å². The summed E-state index contributed by atoms with van der Waals surface area (Å²) in [4.78, 5) is 26.9. The minimum Gasteiger partial charge on any atom is -0.473 e. The topological polar surface area (TPSA) is 90.2 Å². The molecule has 2 heterocycles. The van der Waals surface area contributed by atoms with Gasteiger partial charge in [0.05, 0.1) is 12.6 Å². The molecule has 0 spiro atoms. The average Bonchev–Trinajstić information content (AvgIpc) is 3.21. The molecular weight excluding hydrogens is 364 g/mol. The first-order valence-corrected chi connectivity index (χ1v) is 10.1. The Hall–Kier alpha value is -2.28. The number of aliphatic imine (C=N–C) groups is 1. The Balaban J connectivity index is 0.000000380. The Bertz CT molecular complexity index is 691. The molecule has 1 atom stereocenters. The van der Waals surface area contributed by atoms with Crippen molar-refractivity contribution in [1.82, 2.24) is 4.90 Å². The van der Waals surface area contributed by atoms with Crippen LogP contribution in [0.4, 0.5) is 0 Å². The number of amidine groups is 1. The van der Waals surface area contributed by atoms with E-state index in [1.165, 1.54) is 54.2 Å². The van der Waals surface area contributed by atoms with Gasteiger partial charge in [0.25, 0.3) is 0 Å². The van der Waals surface area contributed by atoms with Gasteiger partial charge >= 0.3 is 11.9 Å². The number of aliphatic carboxylic acids is 2. The molecule has 146 valence electrons. The van der Waals surface area contributed by atoms with Crippen LogP contribution in [0.1, 0.15) is 57.1 Å². The summed E-state index contributed by atoms with van der Waals surface area (Å²) in [7, 11) is 0. The van der Waals surface area contributed by atoms with Gasteiger partial charge in [-0.1, -0.05) is 74.7 Å². The van der Waals surface area contributed by atoms with Crippen molar-refractivity contribution < 1.29 is 19.8 Å². The van der Waals surface area contributed by atoms with Gasteiger partial charge in [-0.3, -0.25) is 4.99 Å². The van der Waals surface area contributed by atoms with Crippen LogP contribution in [0.3, 0.4) is 0 Å². The molecule has 6 nitrogen and oxygen atoms in total. The molecule has 0 radical (unpaired) electrons. The third kappa shape index (κ3) is 6.75. The van der Waals surface area contributed by atoms with E-state index >= 15 is 0 Å². The number of allylic oxidation sites excluding steroid dienone is 1. The number of thioether (sulfide) groups is 1. The van der Waals surface area contributed by atoms with Crippen LogP contribution >= 0.6 is 11.8 Å². The van der Waals surface area contributed by atoms with Crippen LogP contribution in [0.25, 0.3) is 0 Å². The molecular formula is C20H26N2O4S. The van der Waals surface area contributed by atoms with Crippen molar-refractivity contribution in [3.05, 3.63) is 47.0 Å². The van der Waals surface area contributed by atoms with Gasteiger partial charge in [-0.15, -0.1) is 0 Å². The Morgan fingerprint density at radius 3 is 2.37 bits per heavy atom. The number of unbranched alkanes of at least 4 members (excludes halogenated alkanes) is 4. The van der Waals surface area contributed by atoms with E-state index in [0.717, 1.165) is 6.54 Å². The van der Waals surface area contributed by atoms with Crippen molar-refractivity contribution in [2.75, 3.05) is 6.54 Å². The van der Waals surface area contributed by atoms with E-state index < -0.39 is 11.9 Å². The molecule has 0 saturated heterocycles. The first kappa shape index (κ1) is 21.0. The molecule has 7 heteroatoms. The zero-order valence-electron chi connectivity index (χ0n) is 15.5. The molecule has 1 unspecified atom stereocenters. The number of benzene rings is 1. The molecule has 0 aliphatic carbocycles. The fourth-order valence-electron chi connectivity index (χ4n) is 2.90. The lowest BCUT2D eigenvalue weighted by molar-refractivity contribution is -0.159.